The highest BCUT2D eigenvalue weighted by Gasteiger charge is 2.33. The number of benzene rings is 1. The van der Waals surface area contributed by atoms with Crippen molar-refractivity contribution >= 4 is 24.2 Å². The predicted octanol–water partition coefficient (Wildman–Crippen LogP) is 1.51. The minimum atomic E-state index is -4.53. The highest BCUT2D eigenvalue weighted by atomic mass is 35.5. The number of alkyl halides is 3. The van der Waals surface area contributed by atoms with E-state index < -0.39 is 35.1 Å². The molecule has 1 unspecified atom stereocenters. The summed E-state index contributed by atoms with van der Waals surface area (Å²) in [6.45, 7) is 2.73. The Kier molecular flexibility index (Phi) is 6.40. The third kappa shape index (κ3) is 4.88. The quantitative estimate of drug-likeness (QED) is 0.775. The van der Waals surface area contributed by atoms with Gasteiger partial charge in [-0.05, 0) is 31.5 Å². The maximum Gasteiger partial charge on any atom is 0.416 e. The van der Waals surface area contributed by atoms with Gasteiger partial charge in [0.05, 0.1) is 5.56 Å². The fourth-order valence-electron chi connectivity index (χ4n) is 1.51. The van der Waals surface area contributed by atoms with Gasteiger partial charge in [0.1, 0.15) is 11.6 Å². The Balaban J connectivity index is 0.00000441. The van der Waals surface area contributed by atoms with Crippen LogP contribution in [0, 0.1) is 0 Å². The van der Waals surface area contributed by atoms with E-state index in [0.29, 0.717) is 0 Å². The molecule has 124 valence electrons. The zero-order valence-electron chi connectivity index (χ0n) is 11.9. The average molecular weight is 340 g/mol. The topological polar surface area (TPSA) is 98.2 Å². The van der Waals surface area contributed by atoms with Crippen molar-refractivity contribution in [3.05, 3.63) is 35.4 Å². The van der Waals surface area contributed by atoms with Crippen LogP contribution in [0.25, 0.3) is 0 Å². The van der Waals surface area contributed by atoms with Crippen LogP contribution in [0.2, 0.25) is 0 Å². The highest BCUT2D eigenvalue weighted by molar-refractivity contribution is 5.91. The summed E-state index contributed by atoms with van der Waals surface area (Å²) < 4.78 is 37.8. The Morgan fingerprint density at radius 1 is 1.23 bits per heavy atom. The van der Waals surface area contributed by atoms with Crippen LogP contribution in [0.1, 0.15) is 31.0 Å². The molecule has 0 aliphatic rings. The summed E-state index contributed by atoms with van der Waals surface area (Å²) in [5.41, 5.74) is 8.45. The van der Waals surface area contributed by atoms with Crippen molar-refractivity contribution < 1.29 is 22.8 Å². The molecule has 0 aromatic heterocycles. The molecule has 2 amide bonds. The van der Waals surface area contributed by atoms with Gasteiger partial charge in [-0.1, -0.05) is 12.1 Å². The Bertz CT molecular complexity index is 562. The van der Waals surface area contributed by atoms with Crippen LogP contribution in [0.4, 0.5) is 13.2 Å². The summed E-state index contributed by atoms with van der Waals surface area (Å²) in [4.78, 5) is 23.0. The van der Waals surface area contributed by atoms with E-state index >= 15 is 0 Å². The number of nitrogens with two attached hydrogens (primary N) is 2. The van der Waals surface area contributed by atoms with E-state index in [0.717, 1.165) is 18.2 Å². The maximum absolute atomic E-state index is 12.6. The van der Waals surface area contributed by atoms with Gasteiger partial charge in [-0.15, -0.1) is 12.4 Å². The summed E-state index contributed by atoms with van der Waals surface area (Å²) in [5, 5.41) is 2.29. The van der Waals surface area contributed by atoms with E-state index in [1.165, 1.54) is 19.9 Å². The number of rotatable bonds is 4. The molecule has 0 aliphatic heterocycles. The number of amides is 2. The van der Waals surface area contributed by atoms with Crippen LogP contribution in [-0.4, -0.2) is 17.4 Å². The standard InChI is InChI=1S/C13H16F3N3O2.ClH/c1-12(2,11(18)21)19-10(20)9(17)7-4-3-5-8(6-7)13(14,15)16;/h3-6,9H,17H2,1-2H3,(H2,18,21)(H,19,20);1H. The van der Waals surface area contributed by atoms with E-state index in [4.69, 9.17) is 11.5 Å². The predicted molar refractivity (Wildman–Crippen MR) is 77.0 cm³/mol. The van der Waals surface area contributed by atoms with Gasteiger partial charge < -0.3 is 16.8 Å². The molecule has 9 heteroatoms. The first kappa shape index (κ1) is 20.2. The molecular formula is C13H17ClF3N3O2. The number of carbonyl (C=O) groups excluding carboxylic acids is 2. The molecule has 0 radical (unpaired) electrons. The molecule has 0 heterocycles. The molecule has 0 bridgehead atoms. The Hall–Kier alpha value is -1.80. The third-order valence-corrected chi connectivity index (χ3v) is 2.91. The molecule has 1 aromatic carbocycles. The number of hydrogen-bond acceptors (Lipinski definition) is 3. The summed E-state index contributed by atoms with van der Waals surface area (Å²) in [5.74, 6) is -1.58. The highest BCUT2D eigenvalue weighted by Crippen LogP contribution is 2.30. The fourth-order valence-corrected chi connectivity index (χ4v) is 1.51. The van der Waals surface area contributed by atoms with Crippen LogP contribution in [0.5, 0.6) is 0 Å². The molecule has 1 rings (SSSR count). The number of carbonyl (C=O) groups is 2. The molecule has 0 fully saturated rings. The zero-order valence-corrected chi connectivity index (χ0v) is 12.7. The molecule has 0 spiro atoms. The van der Waals surface area contributed by atoms with E-state index in [1.54, 1.807) is 0 Å². The summed E-state index contributed by atoms with van der Waals surface area (Å²) in [7, 11) is 0. The second-order valence-electron chi connectivity index (χ2n) is 5.08. The second-order valence-corrected chi connectivity index (χ2v) is 5.08. The van der Waals surface area contributed by atoms with Gasteiger partial charge in [0, 0.05) is 0 Å². The molecule has 5 nitrogen and oxygen atoms in total. The third-order valence-electron chi connectivity index (χ3n) is 2.91. The van der Waals surface area contributed by atoms with Crippen molar-refractivity contribution in [2.45, 2.75) is 31.6 Å². The van der Waals surface area contributed by atoms with Crippen molar-refractivity contribution in [1.82, 2.24) is 5.32 Å². The molecule has 5 N–H and O–H groups in total. The molecular weight excluding hydrogens is 323 g/mol. The largest absolute Gasteiger partial charge is 0.416 e. The van der Waals surface area contributed by atoms with Gasteiger partial charge in [0.15, 0.2) is 0 Å². The lowest BCUT2D eigenvalue weighted by atomic mass is 10.0. The van der Waals surface area contributed by atoms with Gasteiger partial charge in [0.2, 0.25) is 11.8 Å². The second kappa shape index (κ2) is 6.97. The van der Waals surface area contributed by atoms with Gasteiger partial charge in [-0.2, -0.15) is 13.2 Å². The van der Waals surface area contributed by atoms with Crippen molar-refractivity contribution in [3.63, 3.8) is 0 Å². The monoisotopic (exact) mass is 339 g/mol. The van der Waals surface area contributed by atoms with Crippen molar-refractivity contribution in [1.29, 1.82) is 0 Å². The Morgan fingerprint density at radius 3 is 2.23 bits per heavy atom. The van der Waals surface area contributed by atoms with E-state index in [-0.39, 0.29) is 18.0 Å². The van der Waals surface area contributed by atoms with Crippen molar-refractivity contribution in [3.8, 4) is 0 Å². The molecule has 1 aromatic rings. The molecule has 0 saturated carbocycles. The summed E-state index contributed by atoms with van der Waals surface area (Å²) in [6, 6.07) is 2.79. The molecule has 0 aliphatic carbocycles. The summed E-state index contributed by atoms with van der Waals surface area (Å²) >= 11 is 0. The Labute approximate surface area is 131 Å². The van der Waals surface area contributed by atoms with Gasteiger partial charge >= 0.3 is 6.18 Å². The first-order valence-electron chi connectivity index (χ1n) is 6.00. The van der Waals surface area contributed by atoms with E-state index in [2.05, 4.69) is 5.32 Å². The SMILES string of the molecule is CC(C)(NC(=O)C(N)c1cccc(C(F)(F)F)c1)C(N)=O.Cl. The Morgan fingerprint density at radius 2 is 1.77 bits per heavy atom. The average Bonchev–Trinajstić information content (AvgIpc) is 2.36. The first-order valence-corrected chi connectivity index (χ1v) is 6.00. The van der Waals surface area contributed by atoms with Crippen molar-refractivity contribution in [2.24, 2.45) is 11.5 Å². The van der Waals surface area contributed by atoms with E-state index in [9.17, 15) is 22.8 Å². The van der Waals surface area contributed by atoms with Gasteiger partial charge in [-0.25, -0.2) is 0 Å². The number of halogens is 4. The lowest BCUT2D eigenvalue weighted by Gasteiger charge is -2.24. The summed E-state index contributed by atoms with van der Waals surface area (Å²) in [6.07, 6.45) is -4.53. The van der Waals surface area contributed by atoms with Gasteiger partial charge in [-0.3, -0.25) is 9.59 Å². The van der Waals surface area contributed by atoms with Crippen LogP contribution in [0.15, 0.2) is 24.3 Å². The van der Waals surface area contributed by atoms with Crippen LogP contribution >= 0.6 is 12.4 Å². The first-order chi connectivity index (χ1) is 9.45. The number of nitrogens with one attached hydrogen (secondary N) is 1. The fraction of sp³-hybridized carbons (Fsp3) is 0.385. The number of primary amides is 1. The zero-order chi connectivity index (χ0) is 16.4. The molecule has 0 saturated heterocycles. The molecule has 1 atom stereocenters. The van der Waals surface area contributed by atoms with Crippen molar-refractivity contribution in [2.75, 3.05) is 0 Å². The minimum absolute atomic E-state index is 0. The van der Waals surface area contributed by atoms with E-state index in [1.807, 2.05) is 0 Å². The van der Waals surface area contributed by atoms with Crippen LogP contribution < -0.4 is 16.8 Å². The normalized spacial score (nSPS) is 13.0. The van der Waals surface area contributed by atoms with Crippen LogP contribution in [0.3, 0.4) is 0 Å². The lowest BCUT2D eigenvalue weighted by molar-refractivity contribution is -0.137. The lowest BCUT2D eigenvalue weighted by Crippen LogP contribution is -2.55. The van der Waals surface area contributed by atoms with Gasteiger partial charge in [0.25, 0.3) is 0 Å². The smallest absolute Gasteiger partial charge is 0.368 e. The number of hydrogen-bond donors (Lipinski definition) is 3. The molecule has 22 heavy (non-hydrogen) atoms. The van der Waals surface area contributed by atoms with Crippen LogP contribution in [-0.2, 0) is 15.8 Å². The minimum Gasteiger partial charge on any atom is -0.368 e. The maximum atomic E-state index is 12.6.